The Hall–Kier alpha value is -2.21. The fourth-order valence-electron chi connectivity index (χ4n) is 4.57. The van der Waals surface area contributed by atoms with E-state index in [1.54, 1.807) is 13.0 Å². The largest absolute Gasteiger partial charge is 0.342 e. The molecule has 1 atom stereocenters. The number of aliphatic imine (C=N–C) groups is 2. The molecule has 0 spiro atoms. The van der Waals surface area contributed by atoms with Gasteiger partial charge < -0.3 is 15.5 Å². The van der Waals surface area contributed by atoms with E-state index in [2.05, 4.69) is 54.8 Å². The predicted octanol–water partition coefficient (Wildman–Crippen LogP) is 7.68. The molecule has 35 heavy (non-hydrogen) atoms. The fraction of sp³-hybridized carbons (Fsp3) is 0.655. The van der Waals surface area contributed by atoms with E-state index in [4.69, 9.17) is 4.99 Å². The molecule has 0 amide bonds. The van der Waals surface area contributed by atoms with E-state index < -0.39 is 0 Å². The molecule has 1 heterocycles. The zero-order chi connectivity index (χ0) is 26.2. The van der Waals surface area contributed by atoms with Gasteiger partial charge in [0.1, 0.15) is 23.3 Å². The van der Waals surface area contributed by atoms with Crippen LogP contribution >= 0.6 is 0 Å². The quantitative estimate of drug-likeness (QED) is 0.248. The van der Waals surface area contributed by atoms with E-state index in [0.29, 0.717) is 28.9 Å². The van der Waals surface area contributed by atoms with Gasteiger partial charge in [0, 0.05) is 11.7 Å². The number of amidine groups is 2. The molecule has 0 bridgehead atoms. The van der Waals surface area contributed by atoms with E-state index in [1.165, 1.54) is 44.8 Å². The highest BCUT2D eigenvalue weighted by Gasteiger charge is 2.21. The van der Waals surface area contributed by atoms with Gasteiger partial charge >= 0.3 is 0 Å². The molecule has 1 aliphatic rings. The van der Waals surface area contributed by atoms with Crippen LogP contribution in [0.15, 0.2) is 40.6 Å². The third-order valence-electron chi connectivity index (χ3n) is 6.27. The van der Waals surface area contributed by atoms with Crippen molar-refractivity contribution in [2.24, 2.45) is 9.98 Å². The fourth-order valence-corrected chi connectivity index (χ4v) is 4.57. The number of nitrogens with one attached hydrogen (secondary N) is 2. The molecule has 1 aromatic rings. The van der Waals surface area contributed by atoms with Crippen molar-refractivity contribution in [2.75, 3.05) is 18.4 Å². The van der Waals surface area contributed by atoms with Gasteiger partial charge in [0.15, 0.2) is 0 Å². The van der Waals surface area contributed by atoms with E-state index in [9.17, 15) is 4.39 Å². The zero-order valence-electron chi connectivity index (χ0n) is 23.4. The van der Waals surface area contributed by atoms with Gasteiger partial charge in [-0.2, -0.15) is 0 Å². The van der Waals surface area contributed by atoms with Crippen LogP contribution in [0.4, 0.5) is 10.1 Å². The first-order chi connectivity index (χ1) is 16.7. The topological polar surface area (TPSA) is 52.0 Å². The Bertz CT molecular complexity index is 811. The van der Waals surface area contributed by atoms with Crippen LogP contribution < -0.4 is 10.6 Å². The molecule has 1 saturated heterocycles. The lowest BCUT2D eigenvalue weighted by Gasteiger charge is -2.21. The molecule has 1 aliphatic heterocycles. The molecular weight excluding hydrogens is 437 g/mol. The van der Waals surface area contributed by atoms with Gasteiger partial charge in [0.25, 0.3) is 0 Å². The first-order valence-electron chi connectivity index (χ1n) is 13.6. The van der Waals surface area contributed by atoms with Gasteiger partial charge in [0.2, 0.25) is 0 Å². The Labute approximate surface area is 214 Å². The van der Waals surface area contributed by atoms with Gasteiger partial charge in [-0.05, 0) is 83.7 Å². The van der Waals surface area contributed by atoms with E-state index in [0.717, 1.165) is 37.6 Å². The third kappa shape index (κ3) is 12.4. The van der Waals surface area contributed by atoms with Crippen LogP contribution in [0.25, 0.3) is 0 Å². The number of nitrogens with zero attached hydrogens (tertiary/aromatic N) is 3. The molecule has 6 heteroatoms. The Morgan fingerprint density at radius 2 is 1.83 bits per heavy atom. The van der Waals surface area contributed by atoms with Crippen LogP contribution in [-0.4, -0.2) is 41.7 Å². The number of likely N-dealkylation sites (tertiary alicyclic amines) is 1. The number of hydrogen-bond donors (Lipinski definition) is 2. The molecule has 2 rings (SSSR count). The van der Waals surface area contributed by atoms with Crippen molar-refractivity contribution in [2.45, 2.75) is 112 Å². The van der Waals surface area contributed by atoms with Crippen LogP contribution in [0.1, 0.15) is 98.5 Å². The number of rotatable bonds is 11. The Balaban J connectivity index is 0.000000507. The summed E-state index contributed by atoms with van der Waals surface area (Å²) in [6.45, 7) is 20.9. The number of anilines is 1. The number of halogens is 1. The minimum Gasteiger partial charge on any atom is -0.342 e. The molecular formula is C29H50FN5. The molecule has 0 aromatic heterocycles. The second kappa shape index (κ2) is 17.3. The van der Waals surface area contributed by atoms with Crippen molar-refractivity contribution in [1.29, 1.82) is 0 Å². The Morgan fingerprint density at radius 3 is 2.40 bits per heavy atom. The maximum atomic E-state index is 13.6. The minimum atomic E-state index is -0.246. The van der Waals surface area contributed by atoms with Crippen molar-refractivity contribution in [3.05, 3.63) is 42.0 Å². The van der Waals surface area contributed by atoms with E-state index in [-0.39, 0.29) is 5.82 Å². The van der Waals surface area contributed by atoms with E-state index in [1.807, 2.05) is 19.9 Å². The summed E-state index contributed by atoms with van der Waals surface area (Å²) < 4.78 is 13.6. The van der Waals surface area contributed by atoms with Gasteiger partial charge in [-0.15, -0.1) is 0 Å². The lowest BCUT2D eigenvalue weighted by Crippen LogP contribution is -2.28. The SMILES string of the molecule is C=C(NC(C)=NC(C)=NC(CCC)CCC)Nc1ccc(C)c(F)c1.CCCC1CCCN1CC. The predicted molar refractivity (Wildman–Crippen MR) is 152 cm³/mol. The first-order valence-corrected chi connectivity index (χ1v) is 13.6. The molecule has 2 N–H and O–H groups in total. The summed E-state index contributed by atoms with van der Waals surface area (Å²) in [5.41, 5.74) is 1.26. The zero-order valence-corrected chi connectivity index (χ0v) is 23.4. The van der Waals surface area contributed by atoms with Crippen LogP contribution in [-0.2, 0) is 0 Å². The number of benzene rings is 1. The molecule has 0 saturated carbocycles. The van der Waals surface area contributed by atoms with Crippen LogP contribution in [0.2, 0.25) is 0 Å². The maximum Gasteiger partial charge on any atom is 0.128 e. The molecule has 1 aromatic carbocycles. The number of hydrogen-bond acceptors (Lipinski definition) is 3. The molecule has 5 nitrogen and oxygen atoms in total. The maximum absolute atomic E-state index is 13.6. The van der Waals surface area contributed by atoms with Gasteiger partial charge in [0.05, 0.1) is 6.04 Å². The Morgan fingerprint density at radius 1 is 1.14 bits per heavy atom. The smallest absolute Gasteiger partial charge is 0.128 e. The van der Waals surface area contributed by atoms with Crippen LogP contribution in [0.5, 0.6) is 0 Å². The standard InChI is InChI=1S/C20H31FN4.C9H19N/c1-7-9-18(10-8-2)24-16(5)22-15(4)23-17(6)25-19-12-11-14(3)20(21)13-19;1-3-6-9-7-5-8-10(9)4-2/h11-13,18,25H,6-10H2,1-5H3,(H,22,23,24);9H,3-8H2,1-2H3. The van der Waals surface area contributed by atoms with Crippen molar-refractivity contribution in [1.82, 2.24) is 10.2 Å². The summed E-state index contributed by atoms with van der Waals surface area (Å²) in [5, 5.41) is 6.10. The molecule has 1 unspecified atom stereocenters. The average molecular weight is 488 g/mol. The summed E-state index contributed by atoms with van der Waals surface area (Å²) in [4.78, 5) is 11.8. The highest BCUT2D eigenvalue weighted by atomic mass is 19.1. The van der Waals surface area contributed by atoms with Gasteiger partial charge in [-0.1, -0.05) is 59.6 Å². The monoisotopic (exact) mass is 487 g/mol. The van der Waals surface area contributed by atoms with Crippen molar-refractivity contribution in [3.63, 3.8) is 0 Å². The van der Waals surface area contributed by atoms with Crippen molar-refractivity contribution < 1.29 is 4.39 Å². The van der Waals surface area contributed by atoms with Crippen LogP contribution in [0, 0.1) is 12.7 Å². The minimum absolute atomic E-state index is 0.246. The lowest BCUT2D eigenvalue weighted by molar-refractivity contribution is 0.254. The second-order valence-electron chi connectivity index (χ2n) is 9.51. The summed E-state index contributed by atoms with van der Waals surface area (Å²) in [5.74, 6) is 1.74. The first kappa shape index (κ1) is 30.8. The van der Waals surface area contributed by atoms with Crippen molar-refractivity contribution in [3.8, 4) is 0 Å². The Kier molecular flexibility index (Phi) is 15.2. The summed E-state index contributed by atoms with van der Waals surface area (Å²) in [6.07, 6.45) is 10.0. The van der Waals surface area contributed by atoms with Crippen molar-refractivity contribution >= 4 is 17.4 Å². The molecule has 0 aliphatic carbocycles. The normalized spacial score (nSPS) is 16.8. The molecule has 1 fully saturated rings. The highest BCUT2D eigenvalue weighted by molar-refractivity contribution is 5.95. The van der Waals surface area contributed by atoms with Gasteiger partial charge in [-0.25, -0.2) is 9.38 Å². The van der Waals surface area contributed by atoms with E-state index >= 15 is 0 Å². The summed E-state index contributed by atoms with van der Waals surface area (Å²) >= 11 is 0. The third-order valence-corrected chi connectivity index (χ3v) is 6.27. The summed E-state index contributed by atoms with van der Waals surface area (Å²) in [7, 11) is 0. The van der Waals surface area contributed by atoms with Gasteiger partial charge in [-0.3, -0.25) is 4.99 Å². The number of aryl methyl sites for hydroxylation is 1. The summed E-state index contributed by atoms with van der Waals surface area (Å²) in [6, 6.07) is 6.24. The molecule has 0 radical (unpaired) electrons. The highest BCUT2D eigenvalue weighted by Crippen LogP contribution is 2.20. The second-order valence-corrected chi connectivity index (χ2v) is 9.51. The average Bonchev–Trinajstić information content (AvgIpc) is 3.24. The lowest BCUT2D eigenvalue weighted by atomic mass is 10.1. The molecule has 198 valence electrons. The van der Waals surface area contributed by atoms with Crippen LogP contribution in [0.3, 0.4) is 0 Å².